The number of hydrogen-bond acceptors (Lipinski definition) is 3. The molecule has 41 heavy (non-hydrogen) atoms. The van der Waals surface area contributed by atoms with Gasteiger partial charge >= 0.3 is 0 Å². The van der Waals surface area contributed by atoms with Gasteiger partial charge in [0.15, 0.2) is 0 Å². The molecule has 4 aromatic carbocycles. The molecular weight excluding hydrogens is 520 g/mol. The van der Waals surface area contributed by atoms with E-state index in [9.17, 15) is 0 Å². The smallest absolute Gasteiger partial charge is 0.261 e. The summed E-state index contributed by atoms with van der Waals surface area (Å²) in [6, 6.07) is 41.8. The largest absolute Gasteiger partial charge is 0.407 e. The minimum atomic E-state index is -2.60. The van der Waals surface area contributed by atoms with Gasteiger partial charge in [-0.25, -0.2) is 0 Å². The van der Waals surface area contributed by atoms with Crippen LogP contribution in [0.5, 0.6) is 0 Å². The van der Waals surface area contributed by atoms with Gasteiger partial charge < -0.3 is 13.9 Å². The summed E-state index contributed by atoms with van der Waals surface area (Å²) >= 11 is 0. The Morgan fingerprint density at radius 3 is 1.54 bits per heavy atom. The van der Waals surface area contributed by atoms with E-state index in [1.807, 2.05) is 48.5 Å². The number of hydrogen-bond donors (Lipinski definition) is 0. The fraction of sp³-hybridized carbons (Fsp3) is 0.297. The summed E-state index contributed by atoms with van der Waals surface area (Å²) in [7, 11) is -2.60. The highest BCUT2D eigenvalue weighted by Crippen LogP contribution is 2.37. The van der Waals surface area contributed by atoms with Crippen molar-refractivity contribution in [3.8, 4) is 12.3 Å². The molecule has 4 heteroatoms. The first-order chi connectivity index (χ1) is 19.9. The van der Waals surface area contributed by atoms with Gasteiger partial charge in [-0.05, 0) is 39.4 Å². The molecule has 0 fully saturated rings. The number of rotatable bonds is 14. The summed E-state index contributed by atoms with van der Waals surface area (Å²) in [6.07, 6.45) is 6.82. The number of benzene rings is 4. The van der Waals surface area contributed by atoms with E-state index in [1.54, 1.807) is 0 Å². The van der Waals surface area contributed by atoms with Gasteiger partial charge in [0.25, 0.3) is 8.32 Å². The van der Waals surface area contributed by atoms with E-state index in [2.05, 4.69) is 99.5 Å². The van der Waals surface area contributed by atoms with Crippen LogP contribution in [0.15, 0.2) is 121 Å². The van der Waals surface area contributed by atoms with Crippen molar-refractivity contribution in [2.75, 3.05) is 6.61 Å². The van der Waals surface area contributed by atoms with Gasteiger partial charge in [-0.3, -0.25) is 0 Å². The third-order valence-electron chi connectivity index (χ3n) is 7.45. The molecule has 0 spiro atoms. The molecule has 0 saturated carbocycles. The molecule has 0 heterocycles. The van der Waals surface area contributed by atoms with Crippen LogP contribution < -0.4 is 10.4 Å². The Hall–Kier alpha value is -3.46. The summed E-state index contributed by atoms with van der Waals surface area (Å²) in [5, 5.41) is 2.49. The molecule has 0 amide bonds. The Bertz CT molecular complexity index is 1290. The molecular formula is C37H42O3Si. The lowest BCUT2D eigenvalue weighted by atomic mass is 10.1. The molecule has 0 radical (unpaired) electrons. The van der Waals surface area contributed by atoms with Gasteiger partial charge in [-0.1, -0.05) is 148 Å². The monoisotopic (exact) mass is 562 g/mol. The van der Waals surface area contributed by atoms with Crippen LogP contribution in [0.1, 0.15) is 44.7 Å². The van der Waals surface area contributed by atoms with Crippen LogP contribution in [-0.4, -0.2) is 27.1 Å². The molecule has 0 aliphatic rings. The van der Waals surface area contributed by atoms with Crippen LogP contribution >= 0.6 is 0 Å². The lowest BCUT2D eigenvalue weighted by Gasteiger charge is -2.43. The van der Waals surface area contributed by atoms with Gasteiger partial charge in [-0.2, -0.15) is 0 Å². The molecule has 0 N–H and O–H groups in total. The van der Waals surface area contributed by atoms with E-state index in [0.29, 0.717) is 19.8 Å². The van der Waals surface area contributed by atoms with Crippen LogP contribution in [0.25, 0.3) is 0 Å². The van der Waals surface area contributed by atoms with E-state index < -0.39 is 14.4 Å². The van der Waals surface area contributed by atoms with Crippen LogP contribution in [-0.2, 0) is 27.1 Å². The molecule has 2 atom stereocenters. The van der Waals surface area contributed by atoms with Crippen molar-refractivity contribution in [2.45, 2.75) is 64.1 Å². The third kappa shape index (κ3) is 8.06. The fourth-order valence-electron chi connectivity index (χ4n) is 5.39. The molecule has 4 aromatic rings. The van der Waals surface area contributed by atoms with E-state index in [0.717, 1.165) is 24.0 Å². The molecule has 3 nitrogen and oxygen atoms in total. The Morgan fingerprint density at radius 2 is 1.10 bits per heavy atom. The summed E-state index contributed by atoms with van der Waals surface area (Å²) in [5.41, 5.74) is 2.20. The van der Waals surface area contributed by atoms with Crippen molar-refractivity contribution in [3.05, 3.63) is 132 Å². The zero-order valence-electron chi connectivity index (χ0n) is 24.5. The maximum absolute atomic E-state index is 7.11. The zero-order chi connectivity index (χ0) is 29.0. The minimum Gasteiger partial charge on any atom is -0.407 e. The molecule has 212 valence electrons. The quantitative estimate of drug-likeness (QED) is 0.0928. The van der Waals surface area contributed by atoms with Gasteiger partial charge in [-0.15, -0.1) is 6.42 Å². The summed E-state index contributed by atoms with van der Waals surface area (Å²) < 4.78 is 19.8. The van der Waals surface area contributed by atoms with Crippen molar-refractivity contribution in [1.29, 1.82) is 0 Å². The van der Waals surface area contributed by atoms with E-state index in [-0.39, 0.29) is 11.1 Å². The molecule has 4 rings (SSSR count). The Labute approximate surface area is 247 Å². The Kier molecular flexibility index (Phi) is 11.1. The van der Waals surface area contributed by atoms with Crippen molar-refractivity contribution >= 4 is 18.7 Å². The van der Waals surface area contributed by atoms with Crippen LogP contribution in [0, 0.1) is 12.3 Å². The van der Waals surface area contributed by atoms with Crippen molar-refractivity contribution in [3.63, 3.8) is 0 Å². The first-order valence-electron chi connectivity index (χ1n) is 14.5. The maximum Gasteiger partial charge on any atom is 0.261 e. The molecule has 0 aliphatic carbocycles. The summed E-state index contributed by atoms with van der Waals surface area (Å²) in [6.45, 7) is 8.44. The predicted molar refractivity (Wildman–Crippen MR) is 172 cm³/mol. The van der Waals surface area contributed by atoms with Gasteiger partial charge in [0.1, 0.15) is 6.10 Å². The average Bonchev–Trinajstić information content (AvgIpc) is 3.01. The number of terminal acetylenes is 1. The standard InChI is InChI=1S/C37H42O3Si/c1-5-35(38-29-31-19-10-6-11-20-31)36(39-30-32-21-12-7-13-22-32)27-18-28-40-41(37(2,3)4,33-23-14-8-15-24-33)34-25-16-9-17-26-34/h1,6-17,19-26,35-36H,18,27-30H2,2-4H3/t35-,36+/m1/s1. The summed E-state index contributed by atoms with van der Waals surface area (Å²) in [5.74, 6) is 2.86. The normalized spacial score (nSPS) is 13.3. The van der Waals surface area contributed by atoms with Gasteiger partial charge in [0.2, 0.25) is 0 Å². The van der Waals surface area contributed by atoms with E-state index in [4.69, 9.17) is 20.3 Å². The molecule has 0 aromatic heterocycles. The van der Waals surface area contributed by atoms with Gasteiger partial charge in [0.05, 0.1) is 19.3 Å². The van der Waals surface area contributed by atoms with Crippen LogP contribution in [0.2, 0.25) is 5.04 Å². The first-order valence-corrected chi connectivity index (χ1v) is 16.4. The van der Waals surface area contributed by atoms with E-state index in [1.165, 1.54) is 10.4 Å². The molecule has 0 aliphatic heterocycles. The van der Waals surface area contributed by atoms with Gasteiger partial charge in [0, 0.05) is 6.61 Å². The second kappa shape index (κ2) is 15.0. The zero-order valence-corrected chi connectivity index (χ0v) is 25.5. The highest BCUT2D eigenvalue weighted by molar-refractivity contribution is 6.99. The lowest BCUT2D eigenvalue weighted by molar-refractivity contribution is -0.0653. The fourth-order valence-corrected chi connectivity index (χ4v) is 10.00. The third-order valence-corrected chi connectivity index (χ3v) is 12.5. The summed E-state index contributed by atoms with van der Waals surface area (Å²) in [4.78, 5) is 0. The topological polar surface area (TPSA) is 27.7 Å². The maximum atomic E-state index is 7.11. The number of ether oxygens (including phenoxy) is 2. The van der Waals surface area contributed by atoms with Crippen molar-refractivity contribution in [1.82, 2.24) is 0 Å². The van der Waals surface area contributed by atoms with E-state index >= 15 is 0 Å². The molecule has 0 saturated heterocycles. The minimum absolute atomic E-state index is 0.0704. The Morgan fingerprint density at radius 1 is 0.659 bits per heavy atom. The second-order valence-electron chi connectivity index (χ2n) is 11.4. The SMILES string of the molecule is C#C[C@@H](OCc1ccccc1)[C@H](CCCO[Si](c1ccccc1)(c1ccccc1)C(C)(C)C)OCc1ccccc1. The Balaban J connectivity index is 1.50. The second-order valence-corrected chi connectivity index (χ2v) is 15.7. The lowest BCUT2D eigenvalue weighted by Crippen LogP contribution is -2.66. The first kappa shape index (κ1) is 30.5. The predicted octanol–water partition coefficient (Wildman–Crippen LogP) is 7.15. The average molecular weight is 563 g/mol. The molecule has 0 unspecified atom stereocenters. The van der Waals surface area contributed by atoms with Crippen LogP contribution in [0.4, 0.5) is 0 Å². The van der Waals surface area contributed by atoms with Crippen molar-refractivity contribution in [2.24, 2.45) is 0 Å². The highest BCUT2D eigenvalue weighted by atomic mass is 28.4. The highest BCUT2D eigenvalue weighted by Gasteiger charge is 2.50. The van der Waals surface area contributed by atoms with Crippen LogP contribution in [0.3, 0.4) is 0 Å². The van der Waals surface area contributed by atoms with Crippen molar-refractivity contribution < 1.29 is 13.9 Å². The molecule has 0 bridgehead atoms.